The van der Waals surface area contributed by atoms with Gasteiger partial charge in [-0.25, -0.2) is 0 Å². The molecular formula is C53H37N15O18. The zero-order valence-corrected chi connectivity index (χ0v) is 44.0. The number of nitrogens with zero attached hydrogens (tertiary/aromatic N) is 15. The van der Waals surface area contributed by atoms with Crippen LogP contribution in [0.3, 0.4) is 0 Å². The second-order valence-electron chi connectivity index (χ2n) is 18.5. The molecule has 4 N–H and O–H groups in total. The lowest BCUT2D eigenvalue weighted by atomic mass is 9.93. The summed E-state index contributed by atoms with van der Waals surface area (Å²) in [5.74, 6) is -1.63. The minimum absolute atomic E-state index is 0.00198. The quantitative estimate of drug-likeness (QED) is 0.0295. The maximum Gasteiger partial charge on any atom is 0.278 e. The van der Waals surface area contributed by atoms with Crippen LogP contribution in [0, 0.1) is 84.6 Å². The standard InChI is InChI=1S/C53H37N15O18/c1-27-6-36(55-54-35-4-3-5-43(17-35)62(73)74)11-29(50(27)69)8-31-13-38(57-60-41-20-46(65(79)80)25-47(21-41)66(81)82)15-33(52(31)71)10-34-16-39(58-61-42-22-48(67(83)84)26-49(23-42)68(85)86)14-32(53(34)72)9-30-12-37(7-28(2)51(30)70)56-59-40-18-44(63(75)76)24-45(19-40)64(77)78/h3-7,11-26,69-72H,8-10H2,1-2H3. The smallest absolute Gasteiger partial charge is 0.278 e. The lowest BCUT2D eigenvalue weighted by molar-refractivity contribution is -0.394. The van der Waals surface area contributed by atoms with E-state index in [0.717, 1.165) is 42.5 Å². The zero-order valence-electron chi connectivity index (χ0n) is 44.0. The van der Waals surface area contributed by atoms with Crippen LogP contribution in [0.4, 0.5) is 85.3 Å². The molecule has 0 aliphatic rings. The third-order valence-corrected chi connectivity index (χ3v) is 12.5. The summed E-state index contributed by atoms with van der Waals surface area (Å²) >= 11 is 0. The predicted octanol–water partition coefficient (Wildman–Crippen LogP) is 14.9. The molecule has 8 aromatic rings. The Hall–Kier alpha value is -12.8. The average molecular weight is 1170 g/mol. The molecule has 8 rings (SSSR count). The Labute approximate surface area is 478 Å². The molecule has 0 aliphatic carbocycles. The molecule has 86 heavy (non-hydrogen) atoms. The molecule has 33 heteroatoms. The minimum atomic E-state index is -0.895. The number of phenolic OH excluding ortho intramolecular Hbond substituents is 4. The molecule has 0 saturated heterocycles. The molecule has 0 radical (unpaired) electrons. The number of non-ortho nitro benzene ring substituents is 7. The molecule has 8 aromatic carbocycles. The molecule has 0 heterocycles. The fourth-order valence-corrected chi connectivity index (χ4v) is 8.48. The fraction of sp³-hybridized carbons (Fsp3) is 0.0943. The summed E-state index contributed by atoms with van der Waals surface area (Å²) < 4.78 is 0. The number of aromatic hydroxyl groups is 4. The molecular weight excluding hydrogens is 1130 g/mol. The summed E-state index contributed by atoms with van der Waals surface area (Å²) in [7, 11) is 0. The van der Waals surface area contributed by atoms with E-state index >= 15 is 0 Å². The van der Waals surface area contributed by atoms with Crippen molar-refractivity contribution in [3.05, 3.63) is 243 Å². The molecule has 0 unspecified atom stereocenters. The Morgan fingerprint density at radius 1 is 0.279 bits per heavy atom. The Kier molecular flexibility index (Phi) is 17.2. The van der Waals surface area contributed by atoms with Crippen LogP contribution >= 0.6 is 0 Å². The number of hydrogen-bond acceptors (Lipinski definition) is 26. The largest absolute Gasteiger partial charge is 0.507 e. The van der Waals surface area contributed by atoms with Gasteiger partial charge in [0.05, 0.1) is 98.2 Å². The highest BCUT2D eigenvalue weighted by molar-refractivity contribution is 5.64. The number of hydrogen-bond donors (Lipinski definition) is 4. The summed E-state index contributed by atoms with van der Waals surface area (Å²) in [6.07, 6.45) is -1.20. The van der Waals surface area contributed by atoms with Gasteiger partial charge in [0.1, 0.15) is 23.0 Å². The zero-order chi connectivity index (χ0) is 62.3. The maximum atomic E-state index is 12.2. The molecule has 0 spiro atoms. The fourth-order valence-electron chi connectivity index (χ4n) is 8.48. The van der Waals surface area contributed by atoms with Gasteiger partial charge in [0.2, 0.25) is 0 Å². The van der Waals surface area contributed by atoms with Crippen molar-refractivity contribution in [3.8, 4) is 23.0 Å². The molecule has 0 fully saturated rings. The monoisotopic (exact) mass is 1170 g/mol. The van der Waals surface area contributed by atoms with E-state index in [1.807, 2.05) is 0 Å². The van der Waals surface area contributed by atoms with Crippen LogP contribution in [0.25, 0.3) is 0 Å². The van der Waals surface area contributed by atoms with Crippen molar-refractivity contribution in [1.29, 1.82) is 0 Å². The van der Waals surface area contributed by atoms with Gasteiger partial charge < -0.3 is 20.4 Å². The van der Waals surface area contributed by atoms with Gasteiger partial charge in [-0.2, -0.15) is 40.9 Å². The minimum Gasteiger partial charge on any atom is -0.507 e. The molecule has 0 atom stereocenters. The second-order valence-corrected chi connectivity index (χ2v) is 18.5. The van der Waals surface area contributed by atoms with Crippen LogP contribution < -0.4 is 0 Å². The van der Waals surface area contributed by atoms with E-state index in [2.05, 4.69) is 40.9 Å². The van der Waals surface area contributed by atoms with E-state index in [1.54, 1.807) is 0 Å². The van der Waals surface area contributed by atoms with Crippen molar-refractivity contribution >= 4 is 85.3 Å². The summed E-state index contributed by atoms with van der Waals surface area (Å²) in [5, 5.41) is 161. The molecule has 33 nitrogen and oxygen atoms in total. The van der Waals surface area contributed by atoms with Crippen molar-refractivity contribution < 1.29 is 54.9 Å². The first-order valence-corrected chi connectivity index (χ1v) is 24.4. The van der Waals surface area contributed by atoms with E-state index in [4.69, 9.17) is 0 Å². The summed E-state index contributed by atoms with van der Waals surface area (Å²) in [5.41, 5.74) is -4.91. The van der Waals surface area contributed by atoms with Crippen molar-refractivity contribution in [1.82, 2.24) is 0 Å². The van der Waals surface area contributed by atoms with E-state index in [-0.39, 0.29) is 114 Å². The van der Waals surface area contributed by atoms with Gasteiger partial charge in [0.25, 0.3) is 39.8 Å². The first-order chi connectivity index (χ1) is 40.8. The first-order valence-electron chi connectivity index (χ1n) is 24.4. The van der Waals surface area contributed by atoms with Crippen LogP contribution in [0.1, 0.15) is 44.5 Å². The number of rotatable bonds is 21. The van der Waals surface area contributed by atoms with Gasteiger partial charge in [0.15, 0.2) is 0 Å². The molecule has 432 valence electrons. The van der Waals surface area contributed by atoms with Gasteiger partial charge in [-0.05, 0) is 79.6 Å². The molecule has 0 aromatic heterocycles. The van der Waals surface area contributed by atoms with Crippen LogP contribution in [0.5, 0.6) is 23.0 Å². The van der Waals surface area contributed by atoms with Crippen molar-refractivity contribution in [2.75, 3.05) is 0 Å². The molecule has 0 bridgehead atoms. The highest BCUT2D eigenvalue weighted by Crippen LogP contribution is 2.42. The Balaban J connectivity index is 1.27. The highest BCUT2D eigenvalue weighted by Gasteiger charge is 2.23. The van der Waals surface area contributed by atoms with E-state index in [0.29, 0.717) is 12.1 Å². The topological polar surface area (TPSA) is 482 Å². The Morgan fingerprint density at radius 2 is 0.488 bits per heavy atom. The van der Waals surface area contributed by atoms with Crippen molar-refractivity contribution in [3.63, 3.8) is 0 Å². The SMILES string of the molecule is Cc1cc(N=Nc2cccc([N+](=O)[O-])c2)cc(Cc2cc(N=Nc3cc([N+](=O)[O-])cc([N+](=O)[O-])c3)cc(Cc3cc(N=Nc4cc([N+](=O)[O-])cc([N+](=O)[O-])c4)cc(Cc4cc(N=Nc5cc([N+](=O)[O-])cc([N+](=O)[O-])c5)cc(C)c4O)c3O)c2O)c1O. The van der Waals surface area contributed by atoms with Crippen LogP contribution in [-0.4, -0.2) is 54.9 Å². The van der Waals surface area contributed by atoms with Crippen molar-refractivity contribution in [2.45, 2.75) is 33.1 Å². The molecule has 0 aliphatic heterocycles. The van der Waals surface area contributed by atoms with Gasteiger partial charge in [-0.3, -0.25) is 70.8 Å². The molecule has 0 amide bonds. The Morgan fingerprint density at radius 3 is 0.744 bits per heavy atom. The Bertz CT molecular complexity index is 4230. The number of nitro benzene ring substituents is 7. The van der Waals surface area contributed by atoms with Gasteiger partial charge in [-0.1, -0.05) is 6.07 Å². The number of azo groups is 4. The third kappa shape index (κ3) is 14.2. The summed E-state index contributed by atoms with van der Waals surface area (Å²) in [6.45, 7) is 3.00. The molecule has 0 saturated carbocycles. The number of phenols is 4. The maximum absolute atomic E-state index is 12.2. The number of nitro groups is 7. The van der Waals surface area contributed by atoms with E-state index in [9.17, 15) is 91.2 Å². The normalized spacial score (nSPS) is 11.5. The predicted molar refractivity (Wildman–Crippen MR) is 299 cm³/mol. The van der Waals surface area contributed by atoms with E-state index < -0.39 is 92.9 Å². The lowest BCUT2D eigenvalue weighted by Crippen LogP contribution is -1.99. The van der Waals surface area contributed by atoms with E-state index in [1.165, 1.54) is 86.6 Å². The number of aryl methyl sites for hydroxylation is 2. The van der Waals surface area contributed by atoms with Gasteiger partial charge in [0, 0.05) is 101 Å². The number of benzene rings is 8. The summed E-state index contributed by atoms with van der Waals surface area (Å²) in [4.78, 5) is 75.5. The second kappa shape index (κ2) is 24.9. The van der Waals surface area contributed by atoms with Crippen LogP contribution in [0.2, 0.25) is 0 Å². The first kappa shape index (κ1) is 59.3. The van der Waals surface area contributed by atoms with Crippen LogP contribution in [-0.2, 0) is 19.3 Å². The van der Waals surface area contributed by atoms with Crippen molar-refractivity contribution in [2.24, 2.45) is 40.9 Å². The van der Waals surface area contributed by atoms with Gasteiger partial charge >= 0.3 is 0 Å². The third-order valence-electron chi connectivity index (χ3n) is 12.5. The average Bonchev–Trinajstić information content (AvgIpc) is 2.29. The van der Waals surface area contributed by atoms with Gasteiger partial charge in [-0.15, -0.1) is 0 Å². The lowest BCUT2D eigenvalue weighted by Gasteiger charge is -2.16. The summed E-state index contributed by atoms with van der Waals surface area (Å²) in [6, 6.07) is 23.5. The highest BCUT2D eigenvalue weighted by atomic mass is 16.7. The van der Waals surface area contributed by atoms with Crippen LogP contribution in [0.15, 0.2) is 168 Å².